The van der Waals surface area contributed by atoms with Gasteiger partial charge in [0, 0.05) is 0 Å². The third-order valence-electron chi connectivity index (χ3n) is 6.68. The third kappa shape index (κ3) is 9.02. The van der Waals surface area contributed by atoms with E-state index in [-0.39, 0.29) is 0 Å². The van der Waals surface area contributed by atoms with Crippen LogP contribution >= 0.6 is 26.3 Å². The first-order valence-corrected chi connectivity index (χ1v) is 18.1. The topological polar surface area (TPSA) is 0 Å². The number of unbranched alkanes of at least 4 members (excludes halogenated alkanes) is 9. The molecule has 0 heterocycles. The molecule has 0 aliphatic heterocycles. The SMILES string of the molecule is C=CC(c1ccccc1)P(I)(CCCCCC)(CCCCCC)CCCCCC. The molecule has 1 unspecified atom stereocenters. The van der Waals surface area contributed by atoms with E-state index in [4.69, 9.17) is 0 Å². The molecule has 0 aliphatic carbocycles. The van der Waals surface area contributed by atoms with Crippen molar-refractivity contribution in [3.8, 4) is 0 Å². The van der Waals surface area contributed by atoms with Crippen molar-refractivity contribution in [1.82, 2.24) is 0 Å². The molecule has 0 aromatic heterocycles. The van der Waals surface area contributed by atoms with Crippen molar-refractivity contribution in [2.45, 2.75) is 103 Å². The second-order valence-corrected chi connectivity index (χ2v) is 22.2. The van der Waals surface area contributed by atoms with E-state index in [9.17, 15) is 0 Å². The van der Waals surface area contributed by atoms with E-state index < -0.39 is 4.25 Å². The van der Waals surface area contributed by atoms with Crippen LogP contribution in [0.2, 0.25) is 0 Å². The summed E-state index contributed by atoms with van der Waals surface area (Å²) >= 11 is 3.09. The van der Waals surface area contributed by atoms with Crippen LogP contribution in [0, 0.1) is 0 Å². The van der Waals surface area contributed by atoms with E-state index in [2.05, 4.69) is 85.8 Å². The van der Waals surface area contributed by atoms with Crippen molar-refractivity contribution in [3.05, 3.63) is 48.6 Å². The molecule has 1 atom stereocenters. The second-order valence-electron chi connectivity index (χ2n) is 9.12. The number of rotatable bonds is 18. The molecule has 0 bridgehead atoms. The van der Waals surface area contributed by atoms with Gasteiger partial charge < -0.3 is 0 Å². The molecule has 0 saturated heterocycles. The van der Waals surface area contributed by atoms with Crippen molar-refractivity contribution in [3.63, 3.8) is 0 Å². The minimum atomic E-state index is -1.97. The van der Waals surface area contributed by atoms with Gasteiger partial charge >= 0.3 is 197 Å². The first-order chi connectivity index (χ1) is 14.0. The van der Waals surface area contributed by atoms with Crippen molar-refractivity contribution < 1.29 is 0 Å². The molecule has 0 spiro atoms. The average molecular weight is 531 g/mol. The fourth-order valence-electron chi connectivity index (χ4n) is 4.91. The summed E-state index contributed by atoms with van der Waals surface area (Å²) in [6.45, 7) is 11.4. The normalized spacial score (nSPS) is 14.3. The van der Waals surface area contributed by atoms with Gasteiger partial charge in [-0.2, -0.15) is 0 Å². The standard InChI is InChI=1S/C27H48IP/c1-5-9-12-18-23-29(28,24-19-13-10-6-2,25-20-14-11-7-3)27(8-4)26-21-16-15-17-22-26/h8,15-17,21-22,27H,4-7,9-14,18-20,23-25H2,1-3H3. The maximum atomic E-state index is 4.41. The van der Waals surface area contributed by atoms with Crippen molar-refractivity contribution >= 4 is 26.3 Å². The number of allylic oxidation sites excluding steroid dienone is 1. The van der Waals surface area contributed by atoms with Gasteiger partial charge in [0.25, 0.3) is 0 Å². The summed E-state index contributed by atoms with van der Waals surface area (Å²) in [6.07, 6.45) is 23.3. The van der Waals surface area contributed by atoms with Gasteiger partial charge in [0.05, 0.1) is 0 Å². The van der Waals surface area contributed by atoms with Crippen molar-refractivity contribution in [2.24, 2.45) is 0 Å². The molecule has 168 valence electrons. The van der Waals surface area contributed by atoms with Gasteiger partial charge in [-0.05, 0) is 0 Å². The average Bonchev–Trinajstić information content (AvgIpc) is 2.74. The molecular formula is C27H48IP. The first-order valence-electron chi connectivity index (χ1n) is 12.4. The molecule has 0 aliphatic rings. The van der Waals surface area contributed by atoms with Crippen molar-refractivity contribution in [1.29, 1.82) is 0 Å². The molecule has 2 heteroatoms. The number of hydrogen-bond donors (Lipinski definition) is 0. The van der Waals surface area contributed by atoms with Gasteiger partial charge in [0.2, 0.25) is 0 Å². The van der Waals surface area contributed by atoms with E-state index >= 15 is 0 Å². The summed E-state index contributed by atoms with van der Waals surface area (Å²) in [4.78, 5) is 0. The third-order valence-corrected chi connectivity index (χ3v) is 18.9. The first kappa shape index (κ1) is 27.2. The number of benzene rings is 1. The van der Waals surface area contributed by atoms with E-state index in [0.29, 0.717) is 5.66 Å². The minimum absolute atomic E-state index is 0.563. The van der Waals surface area contributed by atoms with Crippen LogP contribution in [0.4, 0.5) is 0 Å². The van der Waals surface area contributed by atoms with Crippen molar-refractivity contribution in [2.75, 3.05) is 18.5 Å². The zero-order valence-corrected chi connectivity index (χ0v) is 22.7. The van der Waals surface area contributed by atoms with E-state index in [1.165, 1.54) is 101 Å². The Labute approximate surface area is 196 Å². The van der Waals surface area contributed by atoms with Gasteiger partial charge in [-0.1, -0.05) is 0 Å². The zero-order chi connectivity index (χ0) is 21.5. The summed E-state index contributed by atoms with van der Waals surface area (Å²) < 4.78 is -1.97. The fourth-order valence-corrected chi connectivity index (χ4v) is 15.5. The summed E-state index contributed by atoms with van der Waals surface area (Å²) in [7, 11) is 0. The van der Waals surface area contributed by atoms with E-state index in [0.717, 1.165) is 0 Å². The van der Waals surface area contributed by atoms with Gasteiger partial charge in [0.1, 0.15) is 0 Å². The van der Waals surface area contributed by atoms with Crippen LogP contribution in [0.15, 0.2) is 43.0 Å². The molecule has 29 heavy (non-hydrogen) atoms. The maximum absolute atomic E-state index is 4.41. The number of halogens is 1. The van der Waals surface area contributed by atoms with E-state index in [1.54, 1.807) is 0 Å². The Morgan fingerprint density at radius 3 is 1.48 bits per heavy atom. The Morgan fingerprint density at radius 1 is 0.724 bits per heavy atom. The predicted octanol–water partition coefficient (Wildman–Crippen LogP) is 10.6. The summed E-state index contributed by atoms with van der Waals surface area (Å²) in [5, 5.41) is 0. The Bertz CT molecular complexity index is 505. The zero-order valence-electron chi connectivity index (χ0n) is 19.7. The molecule has 1 rings (SSSR count). The van der Waals surface area contributed by atoms with Crippen LogP contribution < -0.4 is 0 Å². The molecule has 0 N–H and O–H groups in total. The summed E-state index contributed by atoms with van der Waals surface area (Å²) in [5.74, 6) is 0. The molecule has 0 fully saturated rings. The van der Waals surface area contributed by atoms with Crippen LogP contribution in [0.5, 0.6) is 0 Å². The van der Waals surface area contributed by atoms with Crippen LogP contribution in [0.25, 0.3) is 0 Å². The van der Waals surface area contributed by atoms with Gasteiger partial charge in [-0.15, -0.1) is 0 Å². The molecule has 1 aromatic carbocycles. The molecular weight excluding hydrogens is 482 g/mol. The molecule has 0 radical (unpaired) electrons. The van der Waals surface area contributed by atoms with Crippen LogP contribution in [-0.4, -0.2) is 18.5 Å². The molecule has 1 aromatic rings. The van der Waals surface area contributed by atoms with Crippen LogP contribution in [0.3, 0.4) is 0 Å². The number of hydrogen-bond acceptors (Lipinski definition) is 0. The Kier molecular flexibility index (Phi) is 14.1. The molecule has 0 saturated carbocycles. The van der Waals surface area contributed by atoms with Crippen LogP contribution in [0.1, 0.15) is 109 Å². The van der Waals surface area contributed by atoms with Gasteiger partial charge in [0.15, 0.2) is 0 Å². The van der Waals surface area contributed by atoms with Crippen LogP contribution in [-0.2, 0) is 0 Å². The predicted molar refractivity (Wildman–Crippen MR) is 147 cm³/mol. The Hall–Kier alpha value is 0.120. The Morgan fingerprint density at radius 2 is 1.14 bits per heavy atom. The fraction of sp³-hybridized carbons (Fsp3) is 0.704. The van der Waals surface area contributed by atoms with E-state index in [1.807, 2.05) is 0 Å². The van der Waals surface area contributed by atoms with Gasteiger partial charge in [-0.25, -0.2) is 0 Å². The Balaban J connectivity index is 3.21. The molecule has 0 amide bonds. The summed E-state index contributed by atoms with van der Waals surface area (Å²) in [6, 6.07) is 11.4. The summed E-state index contributed by atoms with van der Waals surface area (Å²) in [5.41, 5.74) is 2.09. The second kappa shape index (κ2) is 15.0. The monoisotopic (exact) mass is 530 g/mol. The quantitative estimate of drug-likeness (QED) is 0.0766. The molecule has 0 nitrogen and oxygen atoms in total. The van der Waals surface area contributed by atoms with Gasteiger partial charge in [-0.3, -0.25) is 0 Å².